The molecule has 0 aliphatic carbocycles. The van der Waals surface area contributed by atoms with Crippen LogP contribution in [0.3, 0.4) is 0 Å². The molecule has 0 unspecified atom stereocenters. The Balaban J connectivity index is 3.12. The Bertz CT molecular complexity index is 927. The summed E-state index contributed by atoms with van der Waals surface area (Å²) in [6.07, 6.45) is -2.16. The van der Waals surface area contributed by atoms with Crippen LogP contribution in [0.1, 0.15) is 60.8 Å². The Morgan fingerprint density at radius 1 is 0.925 bits per heavy atom. The third-order valence-electron chi connectivity index (χ3n) is 6.64. The van der Waals surface area contributed by atoms with Crippen molar-refractivity contribution >= 4 is 35.4 Å². The van der Waals surface area contributed by atoms with E-state index in [0.717, 1.165) is 0 Å². The summed E-state index contributed by atoms with van der Waals surface area (Å²) in [6.45, 7) is 10.2. The van der Waals surface area contributed by atoms with Gasteiger partial charge < -0.3 is 42.2 Å². The van der Waals surface area contributed by atoms with Crippen LogP contribution >= 0.6 is 0 Å². The van der Waals surface area contributed by atoms with E-state index < -0.39 is 84.2 Å². The molecule has 0 bridgehead atoms. The first-order valence-electron chi connectivity index (χ1n) is 13.6. The molecule has 0 saturated carbocycles. The smallest absolute Gasteiger partial charge is 0.250 e. The van der Waals surface area contributed by atoms with E-state index in [9.17, 15) is 33.9 Å². The molecule has 7 atom stereocenters. The highest BCUT2D eigenvalue weighted by Gasteiger charge is 2.43. The molecular formula is C26H46N6O8. The minimum Gasteiger partial charge on any atom is -0.391 e. The van der Waals surface area contributed by atoms with Crippen LogP contribution in [0.15, 0.2) is 0 Å². The van der Waals surface area contributed by atoms with Gasteiger partial charge in [0.15, 0.2) is 0 Å². The van der Waals surface area contributed by atoms with Crippen LogP contribution in [0.4, 0.5) is 0 Å². The van der Waals surface area contributed by atoms with Crippen LogP contribution in [-0.2, 0) is 33.5 Å². The van der Waals surface area contributed by atoms with E-state index in [1.807, 2.05) is 13.8 Å². The van der Waals surface area contributed by atoms with Crippen molar-refractivity contribution in [2.75, 3.05) is 13.7 Å². The van der Waals surface area contributed by atoms with E-state index in [-0.39, 0.29) is 18.4 Å². The molecule has 1 fully saturated rings. The largest absolute Gasteiger partial charge is 0.391 e. The molecular weight excluding hydrogens is 524 g/mol. The normalized spacial score (nSPS) is 20.6. The van der Waals surface area contributed by atoms with Gasteiger partial charge in [0, 0.05) is 26.5 Å². The second-order valence-corrected chi connectivity index (χ2v) is 11.0. The summed E-state index contributed by atoms with van der Waals surface area (Å²) >= 11 is 0. The van der Waals surface area contributed by atoms with Crippen molar-refractivity contribution in [3.8, 4) is 0 Å². The van der Waals surface area contributed by atoms with Crippen LogP contribution in [0, 0.1) is 17.8 Å². The SMILES string of the molecule is CNC(=O)[C@H](C)NC(=O)[C@@H]1OCC[C@H]1[C@H](O)[C@H](CC(C)C)NC(=O)[C@H](CC(N)=O)NC(=O)[C@@H](NC(C)=O)C(C)C. The highest BCUT2D eigenvalue weighted by molar-refractivity contribution is 5.94. The van der Waals surface area contributed by atoms with E-state index in [1.165, 1.54) is 20.9 Å². The maximum absolute atomic E-state index is 13.3. The van der Waals surface area contributed by atoms with Gasteiger partial charge in [0.05, 0.1) is 18.6 Å². The third-order valence-corrected chi connectivity index (χ3v) is 6.64. The number of nitrogens with one attached hydrogen (secondary N) is 5. The zero-order valence-corrected chi connectivity index (χ0v) is 24.4. The fourth-order valence-electron chi connectivity index (χ4n) is 4.60. The quantitative estimate of drug-likeness (QED) is 0.117. The molecule has 40 heavy (non-hydrogen) atoms. The fourth-order valence-corrected chi connectivity index (χ4v) is 4.60. The molecule has 1 aliphatic heterocycles. The molecule has 1 rings (SSSR count). The average molecular weight is 571 g/mol. The highest BCUT2D eigenvalue weighted by atomic mass is 16.5. The minimum atomic E-state index is -1.37. The van der Waals surface area contributed by atoms with Crippen molar-refractivity contribution in [1.29, 1.82) is 0 Å². The Labute approximate surface area is 235 Å². The number of carbonyl (C=O) groups excluding carboxylic acids is 6. The van der Waals surface area contributed by atoms with Crippen LogP contribution in [-0.4, -0.2) is 90.6 Å². The highest BCUT2D eigenvalue weighted by Crippen LogP contribution is 2.28. The fraction of sp³-hybridized carbons (Fsp3) is 0.769. The van der Waals surface area contributed by atoms with Gasteiger partial charge in [-0.25, -0.2) is 0 Å². The molecule has 14 heteroatoms. The van der Waals surface area contributed by atoms with Crippen LogP contribution in [0.2, 0.25) is 0 Å². The number of hydrogen-bond donors (Lipinski definition) is 7. The number of aliphatic hydroxyl groups excluding tert-OH is 1. The third kappa shape index (κ3) is 10.7. The van der Waals surface area contributed by atoms with Crippen LogP contribution in [0.5, 0.6) is 0 Å². The second-order valence-electron chi connectivity index (χ2n) is 11.0. The number of likely N-dealkylation sites (N-methyl/N-ethyl adjacent to an activating group) is 1. The maximum atomic E-state index is 13.3. The van der Waals surface area contributed by atoms with Crippen molar-refractivity contribution in [2.45, 2.75) is 97.2 Å². The number of amides is 6. The number of nitrogens with two attached hydrogens (primary N) is 1. The summed E-state index contributed by atoms with van der Waals surface area (Å²) in [5.41, 5.74) is 5.34. The van der Waals surface area contributed by atoms with Crippen LogP contribution < -0.4 is 32.3 Å². The summed E-state index contributed by atoms with van der Waals surface area (Å²) in [5, 5.41) is 24.1. The van der Waals surface area contributed by atoms with Gasteiger partial charge >= 0.3 is 0 Å². The Morgan fingerprint density at radius 3 is 2.05 bits per heavy atom. The van der Waals surface area contributed by atoms with Crippen molar-refractivity contribution < 1.29 is 38.6 Å². The predicted octanol–water partition coefficient (Wildman–Crippen LogP) is -1.95. The van der Waals surface area contributed by atoms with Crippen molar-refractivity contribution in [1.82, 2.24) is 26.6 Å². The molecule has 1 saturated heterocycles. The lowest BCUT2D eigenvalue weighted by molar-refractivity contribution is -0.138. The number of rotatable bonds is 15. The summed E-state index contributed by atoms with van der Waals surface area (Å²) < 4.78 is 5.59. The Morgan fingerprint density at radius 2 is 1.55 bits per heavy atom. The molecule has 0 aromatic rings. The van der Waals surface area contributed by atoms with E-state index in [4.69, 9.17) is 10.5 Å². The van der Waals surface area contributed by atoms with E-state index in [2.05, 4.69) is 26.6 Å². The molecule has 1 heterocycles. The van der Waals surface area contributed by atoms with Crippen molar-refractivity contribution in [3.05, 3.63) is 0 Å². The van der Waals surface area contributed by atoms with Gasteiger partial charge in [0.1, 0.15) is 24.2 Å². The van der Waals surface area contributed by atoms with E-state index in [1.54, 1.807) is 13.8 Å². The standard InChI is InChI=1S/C26H46N6O8/c1-12(2)10-17(21(35)16-8-9-40-22(16)26(39)29-14(5)23(36)28-7)31-24(37)18(11-19(27)34)32-25(38)20(13(3)4)30-15(6)33/h12-14,16-18,20-22,35H,8-11H2,1-7H3,(H2,27,34)(H,28,36)(H,29,39)(H,30,33)(H,31,37)(H,32,38)/t14-,16-,17-,18-,20-,21-,22+/m0/s1. The number of primary amides is 1. The van der Waals surface area contributed by atoms with Gasteiger partial charge in [0.2, 0.25) is 35.4 Å². The first-order chi connectivity index (χ1) is 18.6. The lowest BCUT2D eigenvalue weighted by Gasteiger charge is -2.33. The molecule has 0 aromatic carbocycles. The van der Waals surface area contributed by atoms with Gasteiger partial charge in [-0.2, -0.15) is 0 Å². The number of aliphatic hydroxyl groups is 1. The Kier molecular flexibility index (Phi) is 14.0. The van der Waals surface area contributed by atoms with Crippen molar-refractivity contribution in [3.63, 3.8) is 0 Å². The van der Waals surface area contributed by atoms with Gasteiger partial charge in [-0.1, -0.05) is 27.7 Å². The summed E-state index contributed by atoms with van der Waals surface area (Å²) in [4.78, 5) is 74.2. The molecule has 1 aliphatic rings. The Hall–Kier alpha value is -3.26. The molecule has 0 aromatic heterocycles. The zero-order chi connectivity index (χ0) is 30.7. The summed E-state index contributed by atoms with van der Waals surface area (Å²) in [5.74, 6) is -4.66. The maximum Gasteiger partial charge on any atom is 0.250 e. The minimum absolute atomic E-state index is 0.0112. The number of carbonyl (C=O) groups is 6. The van der Waals surface area contributed by atoms with Crippen LogP contribution in [0.25, 0.3) is 0 Å². The summed E-state index contributed by atoms with van der Waals surface area (Å²) in [6, 6.07) is -4.01. The van der Waals surface area contributed by atoms with E-state index >= 15 is 0 Å². The molecule has 14 nitrogen and oxygen atoms in total. The molecule has 8 N–H and O–H groups in total. The predicted molar refractivity (Wildman–Crippen MR) is 145 cm³/mol. The lowest BCUT2D eigenvalue weighted by Crippen LogP contribution is -2.59. The first kappa shape index (κ1) is 34.8. The molecule has 6 amide bonds. The molecule has 228 valence electrons. The van der Waals surface area contributed by atoms with Crippen molar-refractivity contribution in [2.24, 2.45) is 23.5 Å². The van der Waals surface area contributed by atoms with Gasteiger partial charge in [-0.15, -0.1) is 0 Å². The first-order valence-corrected chi connectivity index (χ1v) is 13.6. The van der Waals surface area contributed by atoms with Gasteiger partial charge in [0.25, 0.3) is 0 Å². The van der Waals surface area contributed by atoms with Gasteiger partial charge in [-0.3, -0.25) is 28.8 Å². The second kappa shape index (κ2) is 16.1. The molecule has 0 radical (unpaired) electrons. The molecule has 0 spiro atoms. The summed E-state index contributed by atoms with van der Waals surface area (Å²) in [7, 11) is 1.44. The number of ether oxygens (including phenoxy) is 1. The monoisotopic (exact) mass is 570 g/mol. The average Bonchev–Trinajstić information content (AvgIpc) is 3.34. The number of hydrogen-bond acceptors (Lipinski definition) is 8. The lowest BCUT2D eigenvalue weighted by atomic mass is 9.86. The van der Waals surface area contributed by atoms with E-state index in [0.29, 0.717) is 12.8 Å². The topological polar surface area (TPSA) is 218 Å². The van der Waals surface area contributed by atoms with Gasteiger partial charge in [-0.05, 0) is 31.6 Å². The zero-order valence-electron chi connectivity index (χ0n) is 24.4.